The molecular formula is C21H39N3. The fourth-order valence-electron chi connectivity index (χ4n) is 5.79. The van der Waals surface area contributed by atoms with Crippen molar-refractivity contribution in [2.75, 3.05) is 45.8 Å². The lowest BCUT2D eigenvalue weighted by molar-refractivity contribution is -0.152. The highest BCUT2D eigenvalue weighted by molar-refractivity contribution is 5.08. The molecule has 138 valence electrons. The Bertz CT molecular complexity index is 418. The Labute approximate surface area is 149 Å². The van der Waals surface area contributed by atoms with Crippen molar-refractivity contribution >= 4 is 0 Å². The maximum absolute atomic E-state index is 2.80. The van der Waals surface area contributed by atoms with Crippen LogP contribution in [-0.2, 0) is 0 Å². The van der Waals surface area contributed by atoms with E-state index in [-0.39, 0.29) is 0 Å². The standard InChI is InChI=1S/C21H39N3/c1-16(2)19-9-20(10-19)24-14-21(15-24)12-22(13-21)11-18-5-7-23(8-6-18)17(3)4/h16-20H,5-15H2,1-4H3. The molecule has 3 saturated heterocycles. The van der Waals surface area contributed by atoms with Gasteiger partial charge in [0, 0.05) is 50.2 Å². The fourth-order valence-corrected chi connectivity index (χ4v) is 5.79. The Morgan fingerprint density at radius 1 is 0.917 bits per heavy atom. The van der Waals surface area contributed by atoms with E-state index in [4.69, 9.17) is 0 Å². The molecule has 4 aliphatic rings. The molecule has 0 radical (unpaired) electrons. The second-order valence-electron chi connectivity index (χ2n) is 10.3. The van der Waals surface area contributed by atoms with Crippen LogP contribution in [0.1, 0.15) is 53.4 Å². The molecule has 0 unspecified atom stereocenters. The highest BCUT2D eigenvalue weighted by Gasteiger charge is 2.54. The molecule has 3 nitrogen and oxygen atoms in total. The van der Waals surface area contributed by atoms with Gasteiger partial charge in [0.15, 0.2) is 0 Å². The molecular weight excluding hydrogens is 294 g/mol. The SMILES string of the molecule is CC(C)C1CC(N2CC3(CN(CC4CCN(C(C)C)CC4)C3)C2)C1. The van der Waals surface area contributed by atoms with Gasteiger partial charge in [0.25, 0.3) is 0 Å². The summed E-state index contributed by atoms with van der Waals surface area (Å²) in [4.78, 5) is 8.23. The first-order valence-corrected chi connectivity index (χ1v) is 10.6. The zero-order valence-electron chi connectivity index (χ0n) is 16.5. The first kappa shape index (κ1) is 17.3. The molecule has 0 bridgehead atoms. The number of hydrogen-bond acceptors (Lipinski definition) is 3. The highest BCUT2D eigenvalue weighted by Crippen LogP contribution is 2.46. The van der Waals surface area contributed by atoms with Crippen molar-refractivity contribution in [2.45, 2.75) is 65.5 Å². The molecule has 24 heavy (non-hydrogen) atoms. The summed E-state index contributed by atoms with van der Waals surface area (Å²) >= 11 is 0. The molecule has 0 aromatic carbocycles. The van der Waals surface area contributed by atoms with Gasteiger partial charge in [-0.3, -0.25) is 4.90 Å². The van der Waals surface area contributed by atoms with Crippen molar-refractivity contribution in [3.63, 3.8) is 0 Å². The second kappa shape index (κ2) is 6.55. The van der Waals surface area contributed by atoms with E-state index in [0.717, 1.165) is 29.8 Å². The quantitative estimate of drug-likeness (QED) is 0.765. The molecule has 0 N–H and O–H groups in total. The van der Waals surface area contributed by atoms with Crippen molar-refractivity contribution in [1.82, 2.24) is 14.7 Å². The van der Waals surface area contributed by atoms with Crippen LogP contribution in [-0.4, -0.2) is 72.6 Å². The van der Waals surface area contributed by atoms with Crippen molar-refractivity contribution in [2.24, 2.45) is 23.2 Å². The summed E-state index contributed by atoms with van der Waals surface area (Å²) in [5, 5.41) is 0. The molecule has 3 heterocycles. The first-order valence-electron chi connectivity index (χ1n) is 10.6. The number of piperidine rings is 1. The van der Waals surface area contributed by atoms with Crippen LogP contribution in [0.3, 0.4) is 0 Å². The van der Waals surface area contributed by atoms with Crippen LogP contribution in [0.4, 0.5) is 0 Å². The van der Waals surface area contributed by atoms with E-state index in [9.17, 15) is 0 Å². The Hall–Kier alpha value is -0.120. The molecule has 3 heteroatoms. The first-order chi connectivity index (χ1) is 11.4. The summed E-state index contributed by atoms with van der Waals surface area (Å²) in [5.74, 6) is 2.88. The number of hydrogen-bond donors (Lipinski definition) is 0. The molecule has 0 atom stereocenters. The van der Waals surface area contributed by atoms with Gasteiger partial charge < -0.3 is 9.80 Å². The molecule has 3 aliphatic heterocycles. The topological polar surface area (TPSA) is 9.72 Å². The minimum atomic E-state index is 0.710. The Morgan fingerprint density at radius 3 is 2.08 bits per heavy atom. The normalized spacial score (nSPS) is 35.2. The molecule has 1 spiro atoms. The van der Waals surface area contributed by atoms with E-state index >= 15 is 0 Å². The van der Waals surface area contributed by atoms with E-state index in [1.807, 2.05) is 0 Å². The molecule has 0 amide bonds. The molecule has 4 fully saturated rings. The van der Waals surface area contributed by atoms with Crippen molar-refractivity contribution in [3.05, 3.63) is 0 Å². The van der Waals surface area contributed by atoms with Gasteiger partial charge in [-0.1, -0.05) is 13.8 Å². The van der Waals surface area contributed by atoms with E-state index < -0.39 is 0 Å². The summed E-state index contributed by atoms with van der Waals surface area (Å²) in [5.41, 5.74) is 0.710. The van der Waals surface area contributed by atoms with Crippen molar-refractivity contribution in [1.29, 1.82) is 0 Å². The van der Waals surface area contributed by atoms with Crippen LogP contribution in [0.15, 0.2) is 0 Å². The summed E-state index contributed by atoms with van der Waals surface area (Å²) in [6.45, 7) is 19.1. The number of likely N-dealkylation sites (tertiary alicyclic amines) is 3. The van der Waals surface area contributed by atoms with Crippen LogP contribution >= 0.6 is 0 Å². The van der Waals surface area contributed by atoms with Gasteiger partial charge in [-0.05, 0) is 70.4 Å². The zero-order chi connectivity index (χ0) is 16.9. The summed E-state index contributed by atoms with van der Waals surface area (Å²) in [6, 6.07) is 1.68. The lowest BCUT2D eigenvalue weighted by atomic mass is 9.67. The average Bonchev–Trinajstić information content (AvgIpc) is 2.40. The van der Waals surface area contributed by atoms with Crippen LogP contribution < -0.4 is 0 Å². The zero-order valence-corrected chi connectivity index (χ0v) is 16.5. The van der Waals surface area contributed by atoms with Crippen LogP contribution in [0.2, 0.25) is 0 Å². The number of nitrogens with zero attached hydrogens (tertiary/aromatic N) is 3. The Morgan fingerprint density at radius 2 is 1.54 bits per heavy atom. The van der Waals surface area contributed by atoms with E-state index in [1.54, 1.807) is 0 Å². The van der Waals surface area contributed by atoms with Crippen LogP contribution in [0.25, 0.3) is 0 Å². The molecule has 1 aliphatic carbocycles. The van der Waals surface area contributed by atoms with E-state index in [2.05, 4.69) is 42.4 Å². The smallest absolute Gasteiger partial charge is 0.0212 e. The molecule has 0 aromatic rings. The largest absolute Gasteiger partial charge is 0.302 e. The number of rotatable bonds is 5. The third-order valence-electron chi connectivity index (χ3n) is 7.70. The van der Waals surface area contributed by atoms with Gasteiger partial charge >= 0.3 is 0 Å². The third kappa shape index (κ3) is 3.29. The van der Waals surface area contributed by atoms with Gasteiger partial charge in [0.2, 0.25) is 0 Å². The molecule has 1 saturated carbocycles. The predicted octanol–water partition coefficient (Wildman–Crippen LogP) is 3.16. The molecule has 4 rings (SSSR count). The Balaban J connectivity index is 1.12. The van der Waals surface area contributed by atoms with Gasteiger partial charge in [-0.25, -0.2) is 0 Å². The predicted molar refractivity (Wildman–Crippen MR) is 101 cm³/mol. The van der Waals surface area contributed by atoms with Gasteiger partial charge in [0.1, 0.15) is 0 Å². The van der Waals surface area contributed by atoms with Gasteiger partial charge in [-0.2, -0.15) is 0 Å². The maximum atomic E-state index is 2.80. The van der Waals surface area contributed by atoms with Gasteiger partial charge in [0.05, 0.1) is 0 Å². The van der Waals surface area contributed by atoms with E-state index in [1.165, 1.54) is 71.5 Å². The molecule has 0 aromatic heterocycles. The summed E-state index contributed by atoms with van der Waals surface area (Å²) < 4.78 is 0. The Kier molecular flexibility index (Phi) is 4.73. The summed E-state index contributed by atoms with van der Waals surface area (Å²) in [7, 11) is 0. The maximum Gasteiger partial charge on any atom is 0.0212 e. The summed E-state index contributed by atoms with van der Waals surface area (Å²) in [6.07, 6.45) is 5.80. The lowest BCUT2D eigenvalue weighted by Crippen LogP contribution is -2.74. The monoisotopic (exact) mass is 333 g/mol. The minimum absolute atomic E-state index is 0.710. The van der Waals surface area contributed by atoms with Crippen molar-refractivity contribution < 1.29 is 0 Å². The lowest BCUT2D eigenvalue weighted by Gasteiger charge is -2.64. The van der Waals surface area contributed by atoms with Crippen LogP contribution in [0.5, 0.6) is 0 Å². The van der Waals surface area contributed by atoms with Crippen molar-refractivity contribution in [3.8, 4) is 0 Å². The minimum Gasteiger partial charge on any atom is -0.302 e. The fraction of sp³-hybridized carbons (Fsp3) is 1.00. The highest BCUT2D eigenvalue weighted by atomic mass is 15.3. The average molecular weight is 334 g/mol. The third-order valence-corrected chi connectivity index (χ3v) is 7.70. The van der Waals surface area contributed by atoms with Crippen LogP contribution in [0, 0.1) is 23.2 Å². The van der Waals surface area contributed by atoms with E-state index in [0.29, 0.717) is 5.41 Å². The second-order valence-corrected chi connectivity index (χ2v) is 10.3. The van der Waals surface area contributed by atoms with Gasteiger partial charge in [-0.15, -0.1) is 0 Å².